The minimum Gasteiger partial charge on any atom is -0.379 e. The molecular weight excluding hydrogens is 488 g/mol. The number of carbonyl (C=O) groups excluding carboxylic acids is 2. The van der Waals surface area contributed by atoms with Gasteiger partial charge in [0.25, 0.3) is 11.8 Å². The predicted molar refractivity (Wildman–Crippen MR) is 148 cm³/mol. The lowest BCUT2D eigenvalue weighted by molar-refractivity contribution is -0.125. The standard InChI is InChI=1S/C27H38N6O3S/c1-18-7-9-19(10-8-18)24(34)30-26-29-23(31-27(2,3)4)22(37-26)21(28)25(35)33-12-5-6-20(33)11-13-32-14-16-36-17-15-32/h7-10,20,28,31H,5-6,11-17H2,1-4H3,(H,29,30,34)/t20-/m0/s1. The van der Waals surface area contributed by atoms with Crippen LogP contribution in [0.1, 0.15) is 60.8 Å². The van der Waals surface area contributed by atoms with E-state index in [4.69, 9.17) is 10.1 Å². The number of hydrogen-bond acceptors (Lipinski definition) is 8. The lowest BCUT2D eigenvalue weighted by atomic mass is 10.1. The number of ether oxygens (including phenoxy) is 1. The van der Waals surface area contributed by atoms with Crippen LogP contribution in [0.15, 0.2) is 24.3 Å². The van der Waals surface area contributed by atoms with E-state index in [1.165, 1.54) is 0 Å². The molecular formula is C27H38N6O3S. The first-order chi connectivity index (χ1) is 17.6. The van der Waals surface area contributed by atoms with Crippen LogP contribution < -0.4 is 10.6 Å². The molecule has 2 fully saturated rings. The van der Waals surface area contributed by atoms with Gasteiger partial charge in [-0.15, -0.1) is 0 Å². The zero-order chi connectivity index (χ0) is 26.6. The van der Waals surface area contributed by atoms with Gasteiger partial charge in [-0.2, -0.15) is 0 Å². The van der Waals surface area contributed by atoms with E-state index < -0.39 is 0 Å². The van der Waals surface area contributed by atoms with Crippen LogP contribution in [-0.4, -0.2) is 83.3 Å². The van der Waals surface area contributed by atoms with Crippen molar-refractivity contribution < 1.29 is 14.3 Å². The summed E-state index contributed by atoms with van der Waals surface area (Å²) < 4.78 is 5.44. The van der Waals surface area contributed by atoms with E-state index in [9.17, 15) is 9.59 Å². The summed E-state index contributed by atoms with van der Waals surface area (Å²) >= 11 is 1.16. The molecule has 37 heavy (non-hydrogen) atoms. The van der Waals surface area contributed by atoms with E-state index in [1.54, 1.807) is 12.1 Å². The molecule has 2 amide bonds. The van der Waals surface area contributed by atoms with E-state index in [0.717, 1.165) is 69.0 Å². The van der Waals surface area contributed by atoms with Gasteiger partial charge in [-0.1, -0.05) is 29.0 Å². The molecule has 0 spiro atoms. The number of nitrogens with one attached hydrogen (secondary N) is 3. The summed E-state index contributed by atoms with van der Waals surface area (Å²) in [6.45, 7) is 12.9. The van der Waals surface area contributed by atoms with Crippen LogP contribution in [-0.2, 0) is 9.53 Å². The minimum absolute atomic E-state index is 0.0849. The number of carbonyl (C=O) groups is 2. The number of thiazole rings is 1. The van der Waals surface area contributed by atoms with Crippen LogP contribution in [0.4, 0.5) is 10.9 Å². The van der Waals surface area contributed by atoms with Crippen LogP contribution >= 0.6 is 11.3 Å². The molecule has 2 aliphatic heterocycles. The maximum Gasteiger partial charge on any atom is 0.273 e. The third-order valence-electron chi connectivity index (χ3n) is 6.62. The first kappa shape index (κ1) is 27.2. The molecule has 2 saturated heterocycles. The van der Waals surface area contributed by atoms with Gasteiger partial charge >= 0.3 is 0 Å². The molecule has 0 saturated carbocycles. The van der Waals surface area contributed by atoms with Gasteiger partial charge in [-0.3, -0.25) is 25.2 Å². The zero-order valence-corrected chi connectivity index (χ0v) is 23.0. The Labute approximate surface area is 223 Å². The van der Waals surface area contributed by atoms with Crippen molar-refractivity contribution in [1.29, 1.82) is 5.41 Å². The number of anilines is 2. The molecule has 0 bridgehead atoms. The number of morpholine rings is 1. The Morgan fingerprint density at radius 2 is 1.86 bits per heavy atom. The number of nitrogens with zero attached hydrogens (tertiary/aromatic N) is 3. The number of benzene rings is 1. The molecule has 3 heterocycles. The van der Waals surface area contributed by atoms with Gasteiger partial charge in [-0.25, -0.2) is 4.98 Å². The summed E-state index contributed by atoms with van der Waals surface area (Å²) in [4.78, 5) is 35.6. The third-order valence-corrected chi connectivity index (χ3v) is 7.60. The Balaban J connectivity index is 1.49. The Morgan fingerprint density at radius 1 is 1.16 bits per heavy atom. The topological polar surface area (TPSA) is 111 Å². The van der Waals surface area contributed by atoms with Gasteiger partial charge in [0, 0.05) is 43.3 Å². The molecule has 2 aromatic rings. The number of hydrogen-bond donors (Lipinski definition) is 3. The monoisotopic (exact) mass is 526 g/mol. The third kappa shape index (κ3) is 7.15. The molecule has 4 rings (SSSR count). The van der Waals surface area contributed by atoms with E-state index >= 15 is 0 Å². The molecule has 200 valence electrons. The van der Waals surface area contributed by atoms with Crippen LogP contribution in [0, 0.1) is 12.3 Å². The van der Waals surface area contributed by atoms with Crippen molar-refractivity contribution in [3.63, 3.8) is 0 Å². The number of rotatable bonds is 8. The Morgan fingerprint density at radius 3 is 2.54 bits per heavy atom. The normalized spacial score (nSPS) is 18.6. The molecule has 10 heteroatoms. The highest BCUT2D eigenvalue weighted by Gasteiger charge is 2.34. The number of aromatic nitrogens is 1. The van der Waals surface area contributed by atoms with E-state index in [1.807, 2.05) is 44.7 Å². The number of aryl methyl sites for hydroxylation is 1. The summed E-state index contributed by atoms with van der Waals surface area (Å²) in [5.41, 5.74) is 1.18. The summed E-state index contributed by atoms with van der Waals surface area (Å²) in [6, 6.07) is 7.43. The van der Waals surface area contributed by atoms with Crippen LogP contribution in [0.3, 0.4) is 0 Å². The summed E-state index contributed by atoms with van der Waals surface area (Å²) in [5.74, 6) is -0.108. The highest BCUT2D eigenvalue weighted by molar-refractivity contribution is 7.19. The smallest absolute Gasteiger partial charge is 0.273 e. The number of likely N-dealkylation sites (tertiary alicyclic amines) is 1. The lowest BCUT2D eigenvalue weighted by Crippen LogP contribution is -2.43. The van der Waals surface area contributed by atoms with Crippen molar-refractivity contribution in [3.05, 3.63) is 40.3 Å². The molecule has 0 aliphatic carbocycles. The second-order valence-corrected chi connectivity index (χ2v) is 11.8. The fourth-order valence-corrected chi connectivity index (χ4v) is 5.51. The van der Waals surface area contributed by atoms with Crippen molar-refractivity contribution in [2.75, 3.05) is 50.0 Å². The van der Waals surface area contributed by atoms with E-state index in [0.29, 0.717) is 27.9 Å². The summed E-state index contributed by atoms with van der Waals surface area (Å²) in [6.07, 6.45) is 2.80. The highest BCUT2D eigenvalue weighted by Crippen LogP contribution is 2.32. The van der Waals surface area contributed by atoms with Crippen molar-refractivity contribution in [2.24, 2.45) is 0 Å². The van der Waals surface area contributed by atoms with Gasteiger partial charge in [-0.05, 0) is 59.1 Å². The zero-order valence-electron chi connectivity index (χ0n) is 22.2. The molecule has 9 nitrogen and oxygen atoms in total. The Hall–Kier alpha value is -2.82. The average molecular weight is 527 g/mol. The SMILES string of the molecule is Cc1ccc(C(=O)Nc2nc(NC(C)(C)C)c(C(=N)C(=O)N3CCC[C@H]3CCN3CCOCC3)s2)cc1. The molecule has 1 aromatic heterocycles. The van der Waals surface area contributed by atoms with Crippen LogP contribution in [0.5, 0.6) is 0 Å². The second kappa shape index (κ2) is 11.7. The van der Waals surface area contributed by atoms with Gasteiger partial charge in [0.2, 0.25) is 0 Å². The fraction of sp³-hybridized carbons (Fsp3) is 0.556. The maximum absolute atomic E-state index is 13.5. The molecule has 0 unspecified atom stereocenters. The Bertz CT molecular complexity index is 1120. The predicted octanol–water partition coefficient (Wildman–Crippen LogP) is 4.00. The van der Waals surface area contributed by atoms with Crippen molar-refractivity contribution in [1.82, 2.24) is 14.8 Å². The van der Waals surface area contributed by atoms with Crippen molar-refractivity contribution in [3.8, 4) is 0 Å². The van der Waals surface area contributed by atoms with Crippen LogP contribution in [0.25, 0.3) is 0 Å². The fourth-order valence-electron chi connectivity index (χ4n) is 4.66. The van der Waals surface area contributed by atoms with Gasteiger partial charge < -0.3 is 15.0 Å². The van der Waals surface area contributed by atoms with Crippen LogP contribution in [0.2, 0.25) is 0 Å². The first-order valence-electron chi connectivity index (χ1n) is 13.0. The second-order valence-electron chi connectivity index (χ2n) is 10.8. The molecule has 3 N–H and O–H groups in total. The van der Waals surface area contributed by atoms with Gasteiger partial charge in [0.15, 0.2) is 5.13 Å². The quantitative estimate of drug-likeness (QED) is 0.449. The first-order valence-corrected chi connectivity index (χ1v) is 13.8. The minimum atomic E-state index is -0.335. The van der Waals surface area contributed by atoms with Gasteiger partial charge in [0.05, 0.1) is 13.2 Å². The van der Waals surface area contributed by atoms with E-state index in [2.05, 4.69) is 20.5 Å². The van der Waals surface area contributed by atoms with Gasteiger partial charge in [0.1, 0.15) is 16.4 Å². The van der Waals surface area contributed by atoms with Crippen molar-refractivity contribution in [2.45, 2.75) is 58.5 Å². The average Bonchev–Trinajstić information content (AvgIpc) is 3.48. The Kier molecular flexibility index (Phi) is 8.61. The lowest BCUT2D eigenvalue weighted by Gasteiger charge is -2.30. The molecule has 2 aliphatic rings. The van der Waals surface area contributed by atoms with Crippen molar-refractivity contribution >= 4 is 39.8 Å². The van der Waals surface area contributed by atoms with E-state index in [-0.39, 0.29) is 29.1 Å². The summed E-state index contributed by atoms with van der Waals surface area (Å²) in [7, 11) is 0. The maximum atomic E-state index is 13.5. The molecule has 0 radical (unpaired) electrons. The highest BCUT2D eigenvalue weighted by atomic mass is 32.1. The molecule has 1 atom stereocenters. The molecule has 1 aromatic carbocycles. The summed E-state index contributed by atoms with van der Waals surface area (Å²) in [5, 5.41) is 15.4. The number of amides is 2. The largest absolute Gasteiger partial charge is 0.379 e.